The minimum absolute atomic E-state index is 0.0118. The fraction of sp³-hybridized carbons (Fsp3) is 0.382. The molecule has 3 aromatic carbocycles. The van der Waals surface area contributed by atoms with E-state index in [1.165, 1.54) is 37.4 Å². The minimum atomic E-state index is -1.76. The minimum Gasteiger partial charge on any atom is -0.495 e. The van der Waals surface area contributed by atoms with E-state index in [-0.39, 0.29) is 49.7 Å². The first-order valence-electron chi connectivity index (χ1n) is 14.2. The Hall–Kier alpha value is -3.51. The van der Waals surface area contributed by atoms with E-state index in [1.54, 1.807) is 32.0 Å². The van der Waals surface area contributed by atoms with E-state index in [2.05, 4.69) is 16.7 Å². The summed E-state index contributed by atoms with van der Waals surface area (Å²) in [6.07, 6.45) is 0.334. The van der Waals surface area contributed by atoms with Crippen LogP contribution in [-0.4, -0.2) is 30.9 Å². The lowest BCUT2D eigenvalue weighted by molar-refractivity contribution is -0.118. The van der Waals surface area contributed by atoms with Crippen molar-refractivity contribution in [1.29, 1.82) is 5.26 Å². The lowest BCUT2D eigenvalue weighted by atomic mass is 9.62. The molecule has 0 saturated carbocycles. The molecule has 1 aliphatic heterocycles. The third kappa shape index (κ3) is 6.32. The number of nitriles is 1. The smallest absolute Gasteiger partial charge is 0.242 e. The summed E-state index contributed by atoms with van der Waals surface area (Å²) >= 11 is 12.3. The number of hydrogen-bond acceptors (Lipinski definition) is 5. The first-order chi connectivity index (χ1) is 20.6. The normalized spacial score (nSPS) is 21.6. The fourth-order valence-electron chi connectivity index (χ4n) is 6.05. The fourth-order valence-corrected chi connectivity index (χ4v) is 6.39. The van der Waals surface area contributed by atoms with Gasteiger partial charge in [0.25, 0.3) is 0 Å². The van der Waals surface area contributed by atoms with E-state index in [9.17, 15) is 14.9 Å². The van der Waals surface area contributed by atoms with Crippen LogP contribution >= 0.6 is 23.2 Å². The van der Waals surface area contributed by atoms with Crippen LogP contribution in [0.3, 0.4) is 0 Å². The Kier molecular flexibility index (Phi) is 9.75. The van der Waals surface area contributed by atoms with Crippen molar-refractivity contribution in [3.05, 3.63) is 93.0 Å². The summed E-state index contributed by atoms with van der Waals surface area (Å²) in [5, 5.41) is 17.0. The largest absolute Gasteiger partial charge is 0.495 e. The summed E-state index contributed by atoms with van der Waals surface area (Å²) in [5.74, 6) is -3.48. The van der Waals surface area contributed by atoms with Crippen molar-refractivity contribution in [3.63, 3.8) is 0 Å². The molecule has 1 saturated heterocycles. The summed E-state index contributed by atoms with van der Waals surface area (Å²) in [5.41, 5.74) is -1.48. The van der Waals surface area contributed by atoms with Crippen LogP contribution in [0, 0.1) is 34.3 Å². The first-order valence-corrected chi connectivity index (χ1v) is 15.0. The van der Waals surface area contributed by atoms with E-state index in [4.69, 9.17) is 27.9 Å². The molecule has 0 radical (unpaired) electrons. The van der Waals surface area contributed by atoms with Crippen LogP contribution < -0.4 is 15.4 Å². The highest BCUT2D eigenvalue weighted by molar-refractivity contribution is 6.31. The van der Waals surface area contributed by atoms with Gasteiger partial charge in [0.05, 0.1) is 29.9 Å². The Labute approximate surface area is 266 Å². The number of Topliss-reactive ketones (excluding diaryl/α,β-unsaturated/α-hetero) is 1. The zero-order chi connectivity index (χ0) is 32.6. The zero-order valence-electron chi connectivity index (χ0n) is 25.4. The Morgan fingerprint density at radius 1 is 1.11 bits per heavy atom. The van der Waals surface area contributed by atoms with Crippen LogP contribution in [-0.2, 0) is 10.2 Å². The third-order valence-electron chi connectivity index (χ3n) is 8.00. The summed E-state index contributed by atoms with van der Waals surface area (Å²) < 4.78 is 37.2. The Morgan fingerprint density at radius 2 is 1.82 bits per heavy atom. The second-order valence-electron chi connectivity index (χ2n) is 12.6. The number of nitrogens with zero attached hydrogens (tertiary/aromatic N) is 1. The highest BCUT2D eigenvalue weighted by Crippen LogP contribution is 2.53. The van der Waals surface area contributed by atoms with Crippen LogP contribution in [0.15, 0.2) is 54.6 Å². The first kappa shape index (κ1) is 33.4. The molecular formula is C34H35Cl2F2N3O3. The van der Waals surface area contributed by atoms with E-state index >= 15 is 8.78 Å². The number of rotatable bonds is 8. The van der Waals surface area contributed by atoms with Crippen molar-refractivity contribution in [2.24, 2.45) is 11.3 Å². The lowest BCUT2D eigenvalue weighted by Crippen LogP contribution is -2.45. The molecule has 0 bridgehead atoms. The van der Waals surface area contributed by atoms with Gasteiger partial charge in [-0.3, -0.25) is 9.59 Å². The number of benzene rings is 3. The van der Waals surface area contributed by atoms with Gasteiger partial charge in [-0.05, 0) is 53.8 Å². The highest BCUT2D eigenvalue weighted by atomic mass is 35.5. The molecule has 1 heterocycles. The molecule has 6 nitrogen and oxygen atoms in total. The Balaban J connectivity index is 1.92. The number of ether oxygens (including phenoxy) is 1. The van der Waals surface area contributed by atoms with Crippen LogP contribution in [0.1, 0.15) is 68.4 Å². The number of ketones is 1. The second-order valence-corrected chi connectivity index (χ2v) is 13.5. The molecular weight excluding hydrogens is 607 g/mol. The number of nitrogens with one attached hydrogen (secondary N) is 2. The van der Waals surface area contributed by atoms with Gasteiger partial charge >= 0.3 is 0 Å². The highest BCUT2D eigenvalue weighted by Gasteiger charge is 2.61. The van der Waals surface area contributed by atoms with Gasteiger partial charge in [0, 0.05) is 34.0 Å². The van der Waals surface area contributed by atoms with Gasteiger partial charge in [-0.1, -0.05) is 76.0 Å². The molecule has 4 rings (SSSR count). The van der Waals surface area contributed by atoms with Crippen molar-refractivity contribution in [3.8, 4) is 11.8 Å². The van der Waals surface area contributed by atoms with Gasteiger partial charge in [0.2, 0.25) is 5.91 Å². The van der Waals surface area contributed by atoms with Crippen LogP contribution in [0.4, 0.5) is 14.5 Å². The molecule has 1 aliphatic rings. The van der Waals surface area contributed by atoms with E-state index < -0.39 is 41.0 Å². The van der Waals surface area contributed by atoms with Crippen molar-refractivity contribution < 1.29 is 23.1 Å². The van der Waals surface area contributed by atoms with E-state index in [0.717, 1.165) is 6.07 Å². The van der Waals surface area contributed by atoms with Crippen molar-refractivity contribution in [2.45, 2.75) is 64.5 Å². The average molecular weight is 643 g/mol. The number of halogens is 4. The quantitative estimate of drug-likeness (QED) is 0.243. The van der Waals surface area contributed by atoms with Crippen molar-refractivity contribution in [2.75, 3.05) is 12.4 Å². The van der Waals surface area contributed by atoms with Gasteiger partial charge < -0.3 is 15.4 Å². The van der Waals surface area contributed by atoms with Crippen LogP contribution in [0.2, 0.25) is 10.0 Å². The molecule has 44 heavy (non-hydrogen) atoms. The van der Waals surface area contributed by atoms with Gasteiger partial charge in [-0.15, -0.1) is 0 Å². The molecule has 1 amide bonds. The molecule has 0 spiro atoms. The number of anilines is 1. The number of amides is 1. The maximum Gasteiger partial charge on any atom is 0.242 e. The SMILES string of the molecule is COc1cc(C(=O)C(C)C)ccc1NC(=O)C1N[C@@H](CC(C)(C)C)[C@](C#N)(c2ccc(Cl)cc2F)[C@H]1c1cccc(Cl)c1F. The van der Waals surface area contributed by atoms with Crippen LogP contribution in [0.25, 0.3) is 0 Å². The topological polar surface area (TPSA) is 91.2 Å². The molecule has 1 fully saturated rings. The lowest BCUT2D eigenvalue weighted by Gasteiger charge is -2.37. The van der Waals surface area contributed by atoms with Gasteiger partial charge in [0.15, 0.2) is 5.78 Å². The summed E-state index contributed by atoms with van der Waals surface area (Å²) in [7, 11) is 1.41. The molecule has 2 N–H and O–H groups in total. The maximum absolute atomic E-state index is 15.9. The zero-order valence-corrected chi connectivity index (χ0v) is 26.9. The monoisotopic (exact) mass is 641 g/mol. The summed E-state index contributed by atoms with van der Waals surface area (Å²) in [4.78, 5) is 26.8. The standard InChI is InChI=1S/C34H35Cl2F2N3O3/c1-18(2)31(42)19-10-13-25(26(14-19)44-6)40-32(43)30-28(21-8-7-9-23(36)29(21)38)34(17-39,27(41-30)16-33(3,4)5)22-12-11-20(35)15-24(22)37/h7-15,18,27-28,30,41H,16H2,1-6H3,(H,40,43)/t27-,28-,30?,34-/m0/s1. The number of carbonyl (C=O) groups is 2. The van der Waals surface area contributed by atoms with Crippen LogP contribution in [0.5, 0.6) is 5.75 Å². The predicted octanol–water partition coefficient (Wildman–Crippen LogP) is 8.08. The molecule has 1 unspecified atom stereocenters. The maximum atomic E-state index is 15.9. The summed E-state index contributed by atoms with van der Waals surface area (Å²) in [6.45, 7) is 9.45. The average Bonchev–Trinajstić information content (AvgIpc) is 3.27. The van der Waals surface area contributed by atoms with Crippen molar-refractivity contribution >= 4 is 40.6 Å². The third-order valence-corrected chi connectivity index (χ3v) is 8.53. The van der Waals surface area contributed by atoms with Crippen molar-refractivity contribution in [1.82, 2.24) is 5.32 Å². The predicted molar refractivity (Wildman–Crippen MR) is 168 cm³/mol. The van der Waals surface area contributed by atoms with E-state index in [1.807, 2.05) is 20.8 Å². The number of methoxy groups -OCH3 is 1. The summed E-state index contributed by atoms with van der Waals surface area (Å²) in [6, 6.07) is 13.3. The molecule has 3 aromatic rings. The molecule has 232 valence electrons. The molecule has 0 aliphatic carbocycles. The van der Waals surface area contributed by atoms with E-state index in [0.29, 0.717) is 12.0 Å². The Bertz CT molecular complexity index is 1630. The second kappa shape index (κ2) is 12.8. The van der Waals surface area contributed by atoms with Gasteiger partial charge in [-0.25, -0.2) is 8.78 Å². The van der Waals surface area contributed by atoms with Gasteiger partial charge in [-0.2, -0.15) is 5.26 Å². The molecule has 0 aromatic heterocycles. The molecule has 4 atom stereocenters. The Morgan fingerprint density at radius 3 is 2.41 bits per heavy atom. The van der Waals surface area contributed by atoms with Gasteiger partial charge in [0.1, 0.15) is 22.8 Å². The number of hydrogen-bond donors (Lipinski definition) is 2. The number of carbonyl (C=O) groups excluding carboxylic acids is 2. The molecule has 10 heteroatoms.